The van der Waals surface area contributed by atoms with Crippen molar-refractivity contribution in [2.75, 3.05) is 0 Å². The van der Waals surface area contributed by atoms with E-state index in [9.17, 15) is 15.2 Å². The highest BCUT2D eigenvalue weighted by Crippen LogP contribution is 2.23. The Morgan fingerprint density at radius 1 is 1.17 bits per heavy atom. The van der Waals surface area contributed by atoms with E-state index >= 15 is 0 Å². The van der Waals surface area contributed by atoms with Crippen molar-refractivity contribution in [3.8, 4) is 5.88 Å². The molecule has 0 amide bonds. The monoisotopic (exact) mass is 244 g/mol. The molecule has 0 fully saturated rings. The van der Waals surface area contributed by atoms with Gasteiger partial charge in [0, 0.05) is 12.3 Å². The van der Waals surface area contributed by atoms with Crippen molar-refractivity contribution < 1.29 is 10.0 Å². The van der Waals surface area contributed by atoms with Gasteiger partial charge in [-0.3, -0.25) is 10.1 Å². The summed E-state index contributed by atoms with van der Waals surface area (Å²) in [5.41, 5.74) is 1.55. The van der Waals surface area contributed by atoms with Gasteiger partial charge in [-0.25, -0.2) is 4.98 Å². The molecule has 0 radical (unpaired) electrons. The number of aryl methyl sites for hydroxylation is 2. The van der Waals surface area contributed by atoms with Crippen molar-refractivity contribution in [2.45, 2.75) is 12.8 Å². The number of aromatic hydroxyl groups is 1. The van der Waals surface area contributed by atoms with Crippen molar-refractivity contribution >= 4 is 5.69 Å². The molecule has 5 nitrogen and oxygen atoms in total. The highest BCUT2D eigenvalue weighted by molar-refractivity contribution is 5.42. The topological polar surface area (TPSA) is 76.3 Å². The molecular weight excluding hydrogens is 232 g/mol. The Morgan fingerprint density at radius 3 is 2.50 bits per heavy atom. The normalized spacial score (nSPS) is 10.2. The molecule has 92 valence electrons. The Kier molecular flexibility index (Phi) is 3.52. The summed E-state index contributed by atoms with van der Waals surface area (Å²) in [6.07, 6.45) is 2.90. The molecule has 0 saturated heterocycles. The molecule has 1 aromatic heterocycles. The summed E-state index contributed by atoms with van der Waals surface area (Å²) in [5.74, 6) is -0.538. The van der Waals surface area contributed by atoms with Crippen LogP contribution < -0.4 is 0 Å². The maximum Gasteiger partial charge on any atom is 0.331 e. The number of nitrogens with zero attached hydrogens (tertiary/aromatic N) is 2. The third kappa shape index (κ3) is 2.82. The number of nitro groups is 1. The largest absolute Gasteiger partial charge is 0.488 e. The molecule has 18 heavy (non-hydrogen) atoms. The summed E-state index contributed by atoms with van der Waals surface area (Å²) in [6, 6.07) is 11.2. The predicted octanol–water partition coefficient (Wildman–Crippen LogP) is 2.48. The third-order valence-corrected chi connectivity index (χ3v) is 2.65. The molecule has 0 aliphatic carbocycles. The lowest BCUT2D eigenvalue weighted by molar-refractivity contribution is -0.386. The van der Waals surface area contributed by atoms with Gasteiger partial charge in [-0.15, -0.1) is 0 Å². The molecule has 2 aromatic rings. The number of pyridine rings is 1. The van der Waals surface area contributed by atoms with Gasteiger partial charge in [0.25, 0.3) is 5.88 Å². The van der Waals surface area contributed by atoms with Gasteiger partial charge in [0.15, 0.2) is 0 Å². The quantitative estimate of drug-likeness (QED) is 0.662. The molecular formula is C13H12N2O3. The van der Waals surface area contributed by atoms with Gasteiger partial charge in [0.05, 0.1) is 4.92 Å². The molecule has 0 atom stereocenters. The van der Waals surface area contributed by atoms with Crippen molar-refractivity contribution in [1.82, 2.24) is 4.98 Å². The number of benzene rings is 1. The summed E-state index contributed by atoms with van der Waals surface area (Å²) in [5, 5.41) is 19.9. The average Bonchev–Trinajstić information content (AvgIpc) is 2.38. The fourth-order valence-electron chi connectivity index (χ4n) is 1.69. The van der Waals surface area contributed by atoms with Crippen LogP contribution in [0, 0.1) is 10.1 Å². The van der Waals surface area contributed by atoms with E-state index in [4.69, 9.17) is 0 Å². The number of aromatic nitrogens is 1. The van der Waals surface area contributed by atoms with E-state index in [-0.39, 0.29) is 5.69 Å². The molecule has 1 heterocycles. The molecule has 0 unspecified atom stereocenters. The number of hydrogen-bond donors (Lipinski definition) is 1. The van der Waals surface area contributed by atoms with Gasteiger partial charge >= 0.3 is 5.69 Å². The first-order chi connectivity index (χ1) is 8.66. The SMILES string of the molecule is O=[N+]([O-])c1cc(CCc2ccccc2)cnc1O. The van der Waals surface area contributed by atoms with Crippen molar-refractivity contribution in [2.24, 2.45) is 0 Å². The summed E-state index contributed by atoms with van der Waals surface area (Å²) in [6.45, 7) is 0. The lowest BCUT2D eigenvalue weighted by Gasteiger charge is -2.02. The zero-order valence-electron chi connectivity index (χ0n) is 9.61. The van der Waals surface area contributed by atoms with Gasteiger partial charge in [-0.2, -0.15) is 0 Å². The van der Waals surface area contributed by atoms with Crippen LogP contribution in [-0.2, 0) is 12.8 Å². The maximum atomic E-state index is 10.7. The van der Waals surface area contributed by atoms with Crippen LogP contribution in [0.2, 0.25) is 0 Å². The van der Waals surface area contributed by atoms with Crippen LogP contribution >= 0.6 is 0 Å². The second-order valence-electron chi connectivity index (χ2n) is 3.93. The molecule has 0 aliphatic heterocycles. The van der Waals surface area contributed by atoms with E-state index in [1.165, 1.54) is 12.3 Å². The molecule has 0 bridgehead atoms. The van der Waals surface area contributed by atoms with Crippen LogP contribution in [0.25, 0.3) is 0 Å². The summed E-state index contributed by atoms with van der Waals surface area (Å²) >= 11 is 0. The standard InChI is InChI=1S/C13H12N2O3/c16-13-12(15(17)18)8-11(9-14-13)7-6-10-4-2-1-3-5-10/h1-5,8-9H,6-7H2,(H,14,16). The van der Waals surface area contributed by atoms with E-state index in [1.807, 2.05) is 30.3 Å². The highest BCUT2D eigenvalue weighted by Gasteiger charge is 2.14. The Balaban J connectivity index is 2.11. The van der Waals surface area contributed by atoms with E-state index in [1.54, 1.807) is 0 Å². The van der Waals surface area contributed by atoms with E-state index < -0.39 is 10.8 Å². The van der Waals surface area contributed by atoms with Gasteiger partial charge in [0.2, 0.25) is 0 Å². The number of hydrogen-bond acceptors (Lipinski definition) is 4. The van der Waals surface area contributed by atoms with Crippen LogP contribution in [0.1, 0.15) is 11.1 Å². The van der Waals surface area contributed by atoms with Gasteiger partial charge in [-0.1, -0.05) is 30.3 Å². The second-order valence-corrected chi connectivity index (χ2v) is 3.93. The summed E-state index contributed by atoms with van der Waals surface area (Å²) in [7, 11) is 0. The first-order valence-corrected chi connectivity index (χ1v) is 5.53. The molecule has 1 N–H and O–H groups in total. The fourth-order valence-corrected chi connectivity index (χ4v) is 1.69. The molecule has 1 aromatic carbocycles. The van der Waals surface area contributed by atoms with Crippen LogP contribution in [0.15, 0.2) is 42.6 Å². The molecule has 2 rings (SSSR count). The summed E-state index contributed by atoms with van der Waals surface area (Å²) < 4.78 is 0. The predicted molar refractivity (Wildman–Crippen MR) is 66.4 cm³/mol. The highest BCUT2D eigenvalue weighted by atomic mass is 16.6. The van der Waals surface area contributed by atoms with E-state index in [0.29, 0.717) is 6.42 Å². The van der Waals surface area contributed by atoms with Crippen molar-refractivity contribution in [3.05, 3.63) is 63.8 Å². The minimum absolute atomic E-state index is 0.347. The van der Waals surface area contributed by atoms with Crippen LogP contribution in [0.4, 0.5) is 5.69 Å². The zero-order chi connectivity index (χ0) is 13.0. The number of rotatable bonds is 4. The first kappa shape index (κ1) is 12.0. The van der Waals surface area contributed by atoms with E-state index in [0.717, 1.165) is 17.5 Å². The van der Waals surface area contributed by atoms with Gasteiger partial charge in [-0.05, 0) is 24.0 Å². The van der Waals surface area contributed by atoms with Crippen LogP contribution in [-0.4, -0.2) is 15.0 Å². The van der Waals surface area contributed by atoms with Crippen molar-refractivity contribution in [3.63, 3.8) is 0 Å². The minimum Gasteiger partial charge on any atom is -0.488 e. The Morgan fingerprint density at radius 2 is 1.83 bits per heavy atom. The third-order valence-electron chi connectivity index (χ3n) is 2.65. The fraction of sp³-hybridized carbons (Fsp3) is 0.154. The lowest BCUT2D eigenvalue weighted by Crippen LogP contribution is -1.96. The van der Waals surface area contributed by atoms with Gasteiger partial charge < -0.3 is 5.11 Å². The van der Waals surface area contributed by atoms with E-state index in [2.05, 4.69) is 4.98 Å². The molecule has 0 aliphatic rings. The lowest BCUT2D eigenvalue weighted by atomic mass is 10.1. The van der Waals surface area contributed by atoms with Crippen LogP contribution in [0.3, 0.4) is 0 Å². The second kappa shape index (κ2) is 5.27. The summed E-state index contributed by atoms with van der Waals surface area (Å²) in [4.78, 5) is 13.6. The maximum absolute atomic E-state index is 10.7. The zero-order valence-corrected chi connectivity index (χ0v) is 9.61. The Hall–Kier alpha value is -2.43. The molecule has 5 heteroatoms. The van der Waals surface area contributed by atoms with Crippen molar-refractivity contribution in [1.29, 1.82) is 0 Å². The first-order valence-electron chi connectivity index (χ1n) is 5.53. The van der Waals surface area contributed by atoms with Crippen LogP contribution in [0.5, 0.6) is 5.88 Å². The Bertz CT molecular complexity index is 555. The smallest absolute Gasteiger partial charge is 0.331 e. The molecule has 0 saturated carbocycles. The average molecular weight is 244 g/mol. The molecule has 0 spiro atoms. The minimum atomic E-state index is -0.631. The Labute approximate surface area is 104 Å². The van der Waals surface area contributed by atoms with Gasteiger partial charge in [0.1, 0.15) is 0 Å².